The van der Waals surface area contributed by atoms with E-state index in [2.05, 4.69) is 116 Å². The molecule has 0 saturated carbocycles. The van der Waals surface area contributed by atoms with Gasteiger partial charge in [-0.25, -0.2) is 15.0 Å². The molecule has 23 heteroatoms. The first-order valence-electron chi connectivity index (χ1n) is 34.9. The van der Waals surface area contributed by atoms with E-state index in [1.54, 1.807) is 16.6 Å². The Hall–Kier alpha value is -11.1. The fourth-order valence-electron chi connectivity index (χ4n) is 12.1. The molecule has 0 radical (unpaired) electrons. The first kappa shape index (κ1) is 70.4. The van der Waals surface area contributed by atoms with E-state index in [1.165, 1.54) is 0 Å². The summed E-state index contributed by atoms with van der Waals surface area (Å²) in [6, 6.07) is 55.6. The van der Waals surface area contributed by atoms with Gasteiger partial charge in [0.2, 0.25) is 0 Å². The number of amides is 3. The van der Waals surface area contributed by atoms with Crippen LogP contribution in [0.4, 0.5) is 5.69 Å². The minimum absolute atomic E-state index is 0.0810. The number of likely N-dealkylation sites (N-methyl/N-ethyl adjacent to an activating group) is 2. The van der Waals surface area contributed by atoms with Crippen LogP contribution >= 0.6 is 0 Å². The van der Waals surface area contributed by atoms with E-state index < -0.39 is 0 Å². The van der Waals surface area contributed by atoms with Crippen molar-refractivity contribution in [3.63, 3.8) is 0 Å². The molecule has 4 aromatic heterocycles. The Balaban J connectivity index is 0.459. The third-order valence-electron chi connectivity index (χ3n) is 17.8. The number of nitrogens with zero attached hydrogens (tertiary/aromatic N) is 10. The molecule has 3 amide bonds. The van der Waals surface area contributed by atoms with Crippen LogP contribution in [-0.4, -0.2) is 204 Å². The number of benzene rings is 8. The molecule has 1 aliphatic rings. The largest absolute Gasteiger partial charge is 0.494 e. The highest BCUT2D eigenvalue weighted by Gasteiger charge is 2.20. The zero-order valence-electron chi connectivity index (χ0n) is 58.7. The van der Waals surface area contributed by atoms with Gasteiger partial charge >= 0.3 is 0 Å². The van der Waals surface area contributed by atoms with E-state index in [0.717, 1.165) is 138 Å². The molecule has 13 rings (SSSR count). The number of carbonyl (C=O) groups excluding carboxylic acids is 3. The van der Waals surface area contributed by atoms with Gasteiger partial charge in [-0.2, -0.15) is 0 Å². The van der Waals surface area contributed by atoms with Crippen LogP contribution in [0.2, 0.25) is 0 Å². The number of ether oxygens (including phenoxy) is 5. The van der Waals surface area contributed by atoms with Gasteiger partial charge in [-0.05, 0) is 178 Å². The predicted octanol–water partition coefficient (Wildman–Crippen LogP) is 11.7. The number of imidazole rings is 3. The molecule has 0 saturated heterocycles. The van der Waals surface area contributed by atoms with Crippen molar-refractivity contribution in [1.29, 1.82) is 0 Å². The first-order chi connectivity index (χ1) is 50.3. The van der Waals surface area contributed by atoms with E-state index in [1.807, 2.05) is 134 Å². The number of carbonyl (C=O) groups is 3. The molecule has 5 N–H and O–H groups in total. The van der Waals surface area contributed by atoms with E-state index in [0.29, 0.717) is 120 Å². The number of rotatable bonds is 35. The van der Waals surface area contributed by atoms with Crippen LogP contribution in [0.5, 0.6) is 5.75 Å². The Morgan fingerprint density at radius 3 is 1.48 bits per heavy atom. The summed E-state index contributed by atoms with van der Waals surface area (Å²) >= 11 is 0. The number of aromatic nitrogens is 9. The smallest absolute Gasteiger partial charge is 0.253 e. The van der Waals surface area contributed by atoms with E-state index in [4.69, 9.17) is 43.6 Å². The van der Waals surface area contributed by atoms with Crippen molar-refractivity contribution in [2.45, 2.75) is 32.4 Å². The summed E-state index contributed by atoms with van der Waals surface area (Å²) in [5, 5.41) is 14.4. The fraction of sp³-hybridized carbons (Fsp3) is 0.287. The van der Waals surface area contributed by atoms with Crippen LogP contribution < -0.4 is 15.4 Å². The third-order valence-corrected chi connectivity index (χ3v) is 17.8. The topological polar surface area (TPSA) is 260 Å². The zero-order valence-corrected chi connectivity index (χ0v) is 58.7. The molecule has 5 heterocycles. The maximum atomic E-state index is 13.3. The summed E-state index contributed by atoms with van der Waals surface area (Å²) in [7, 11) is 9.85. The van der Waals surface area contributed by atoms with E-state index >= 15 is 0 Å². The standard InChI is InChI=1S/C80H85N15O8/c1-92(2)34-7-38-103-66-27-22-56(23-28-66)77-86-69-31-26-63(49-74(69)89-77)62-25-30-68-73(48-62)87-75(84-68)54-10-16-58(17-11-54)78(96)81-32-6-35-95-51-65(90-91-95)52-102-45-44-101-43-42-100-41-40-99-39-37-94(5)80(98)59-18-12-55(13-19-59)76-85-67-29-24-61(47-72(67)88-76)60-20-21-64-50-70(83-71(64)46-60)53-8-14-57(15-9-53)79(97)82-33-36-93(3)4/h8-31,46-49,51H,6-7,32-45,50,52H2,1-5H3,(H,81,96)(H,82,97)(H,84,87)(H,85,88)(H,86,89). The molecule has 0 aliphatic carbocycles. The number of hydrogen-bond donors (Lipinski definition) is 5. The van der Waals surface area contributed by atoms with Gasteiger partial charge in [-0.15, -0.1) is 5.10 Å². The van der Waals surface area contributed by atoms with Gasteiger partial charge in [-0.1, -0.05) is 71.9 Å². The molecule has 103 heavy (non-hydrogen) atoms. The van der Waals surface area contributed by atoms with Gasteiger partial charge in [0.15, 0.2) is 0 Å². The van der Waals surface area contributed by atoms with Crippen LogP contribution in [0.25, 0.3) is 89.5 Å². The number of aliphatic imine (C=N–C) groups is 1. The lowest BCUT2D eigenvalue weighted by Crippen LogP contribution is -2.31. The lowest BCUT2D eigenvalue weighted by atomic mass is 9.99. The minimum Gasteiger partial charge on any atom is -0.494 e. The molecular weight excluding hydrogens is 1300 g/mol. The molecule has 8 aromatic carbocycles. The van der Waals surface area contributed by atoms with Crippen molar-refractivity contribution in [2.24, 2.45) is 4.99 Å². The lowest BCUT2D eigenvalue weighted by Gasteiger charge is -2.17. The van der Waals surface area contributed by atoms with Crippen LogP contribution in [0.3, 0.4) is 0 Å². The normalized spacial score (nSPS) is 12.1. The minimum atomic E-state index is -0.158. The Morgan fingerprint density at radius 1 is 0.466 bits per heavy atom. The van der Waals surface area contributed by atoms with Gasteiger partial charge in [0, 0.05) is 86.1 Å². The second kappa shape index (κ2) is 33.6. The van der Waals surface area contributed by atoms with E-state index in [9.17, 15) is 14.4 Å². The van der Waals surface area contributed by atoms with Crippen molar-refractivity contribution in [2.75, 3.05) is 121 Å². The maximum absolute atomic E-state index is 13.3. The van der Waals surface area contributed by atoms with Crippen molar-refractivity contribution in [3.8, 4) is 62.2 Å². The van der Waals surface area contributed by atoms with Crippen LogP contribution in [-0.2, 0) is 38.5 Å². The third kappa shape index (κ3) is 18.4. The quantitative estimate of drug-likeness (QED) is 0.0231. The first-order valence-corrected chi connectivity index (χ1v) is 34.9. The number of H-pyrrole nitrogens is 3. The second-order valence-electron chi connectivity index (χ2n) is 26.1. The summed E-state index contributed by atoms with van der Waals surface area (Å²) in [6.07, 6.45) is 4.20. The van der Waals surface area contributed by atoms with Crippen LogP contribution in [0.1, 0.15) is 60.7 Å². The van der Waals surface area contributed by atoms with Gasteiger partial charge in [0.25, 0.3) is 17.7 Å². The molecule has 528 valence electrons. The summed E-state index contributed by atoms with van der Waals surface area (Å²) < 4.78 is 30.5. The molecule has 0 atom stereocenters. The van der Waals surface area contributed by atoms with Gasteiger partial charge < -0.3 is 64.0 Å². The van der Waals surface area contributed by atoms with Crippen molar-refractivity contribution in [1.82, 2.24) is 70.2 Å². The molecule has 0 fully saturated rings. The van der Waals surface area contributed by atoms with Gasteiger partial charge in [0.1, 0.15) is 28.9 Å². The highest BCUT2D eigenvalue weighted by Crippen LogP contribution is 2.36. The fourth-order valence-corrected chi connectivity index (χ4v) is 12.1. The van der Waals surface area contributed by atoms with Crippen LogP contribution in [0.15, 0.2) is 181 Å². The molecule has 12 aromatic rings. The molecule has 23 nitrogen and oxygen atoms in total. The highest BCUT2D eigenvalue weighted by molar-refractivity contribution is 6.07. The molecular formula is C80H85N15O8. The number of aromatic amines is 3. The molecule has 1 aliphatic heterocycles. The second-order valence-corrected chi connectivity index (χ2v) is 26.1. The summed E-state index contributed by atoms with van der Waals surface area (Å²) in [4.78, 5) is 75.0. The Labute approximate surface area is 597 Å². The Kier molecular flexibility index (Phi) is 23.0. The lowest BCUT2D eigenvalue weighted by molar-refractivity contribution is -0.00559. The SMILES string of the molecule is CN(C)CCCOc1ccc(-c2nc3cc(-c4ccc5[nH]c(-c6ccc(C(=O)NCCCn7cc(COCCOCCOCCOCCN(C)C(=O)c8ccc(-c9nc%10cc(-c%11ccc%12c(c%11)N=C(c%11ccc(C(=O)NCCN(C)C)cc%11)C%12)ccc%10[nH]9)cc8)nn7)cc6)nc5c4)ccc3[nH]2)cc1. The molecule has 0 unspecified atom stereocenters. The number of hydrogen-bond acceptors (Lipinski definition) is 16. The Bertz CT molecular complexity index is 4910. The number of nitrogens with one attached hydrogen (secondary N) is 5. The maximum Gasteiger partial charge on any atom is 0.253 e. The Morgan fingerprint density at radius 2 is 0.932 bits per heavy atom. The van der Waals surface area contributed by atoms with Crippen LogP contribution in [0, 0.1) is 0 Å². The van der Waals surface area contributed by atoms with Crippen molar-refractivity contribution >= 4 is 62.2 Å². The molecule has 0 spiro atoms. The summed E-state index contributed by atoms with van der Waals surface area (Å²) in [5.41, 5.74) is 18.7. The zero-order chi connectivity index (χ0) is 71.0. The summed E-state index contributed by atoms with van der Waals surface area (Å²) in [5.74, 6) is 2.74. The molecule has 0 bridgehead atoms. The van der Waals surface area contributed by atoms with Gasteiger partial charge in [-0.3, -0.25) is 24.1 Å². The van der Waals surface area contributed by atoms with Crippen molar-refractivity contribution in [3.05, 3.63) is 210 Å². The van der Waals surface area contributed by atoms with Gasteiger partial charge in [0.05, 0.1) is 110 Å². The van der Waals surface area contributed by atoms with Crippen molar-refractivity contribution < 1.29 is 38.1 Å². The average Bonchev–Trinajstić information content (AvgIpc) is 1.66. The monoisotopic (exact) mass is 1380 g/mol. The average molecular weight is 1380 g/mol. The predicted molar refractivity (Wildman–Crippen MR) is 401 cm³/mol. The highest BCUT2D eigenvalue weighted by atomic mass is 16.6. The summed E-state index contributed by atoms with van der Waals surface area (Å²) in [6.45, 7) is 7.57. The number of fused-ring (bicyclic) bond motifs is 4. The van der Waals surface area contributed by atoms with E-state index in [-0.39, 0.29) is 17.7 Å². The number of aryl methyl sites for hydroxylation is 1.